The van der Waals surface area contributed by atoms with Crippen molar-refractivity contribution in [2.45, 2.75) is 38.4 Å². The Morgan fingerprint density at radius 2 is 2.12 bits per heavy atom. The smallest absolute Gasteiger partial charge is 0.372 e. The molecule has 1 fully saturated rings. The third-order valence-electron chi connectivity index (χ3n) is 4.46. The van der Waals surface area contributed by atoms with E-state index in [0.29, 0.717) is 23.7 Å². The van der Waals surface area contributed by atoms with Crippen molar-refractivity contribution >= 4 is 17.5 Å². The fourth-order valence-corrected chi connectivity index (χ4v) is 2.96. The number of nitrogens with zero attached hydrogens (tertiary/aromatic N) is 5. The second kappa shape index (κ2) is 6.82. The van der Waals surface area contributed by atoms with Crippen molar-refractivity contribution in [1.82, 2.24) is 19.7 Å². The SMILES string of the molecule is CNc1nc(Nc2cn(C3CC(CC#N)C3)nc2C)ncc1C(F)(F)F. The van der Waals surface area contributed by atoms with Crippen LogP contribution in [-0.4, -0.2) is 26.8 Å². The van der Waals surface area contributed by atoms with Gasteiger partial charge in [0.1, 0.15) is 11.4 Å². The van der Waals surface area contributed by atoms with Crippen molar-refractivity contribution < 1.29 is 13.2 Å². The third kappa shape index (κ3) is 3.56. The van der Waals surface area contributed by atoms with Gasteiger partial charge in [-0.2, -0.15) is 28.5 Å². The molecule has 1 aliphatic rings. The van der Waals surface area contributed by atoms with Gasteiger partial charge in [0.05, 0.1) is 23.5 Å². The van der Waals surface area contributed by atoms with Gasteiger partial charge >= 0.3 is 6.18 Å². The molecule has 0 unspecified atom stereocenters. The van der Waals surface area contributed by atoms with E-state index in [2.05, 4.69) is 31.8 Å². The van der Waals surface area contributed by atoms with Crippen molar-refractivity contribution in [3.05, 3.63) is 23.7 Å². The number of aryl methyl sites for hydroxylation is 1. The lowest BCUT2D eigenvalue weighted by Crippen LogP contribution is -2.26. The van der Waals surface area contributed by atoms with Gasteiger partial charge in [0, 0.05) is 25.9 Å². The minimum Gasteiger partial charge on any atom is -0.372 e. The molecule has 2 N–H and O–H groups in total. The van der Waals surface area contributed by atoms with Crippen molar-refractivity contribution in [3.63, 3.8) is 0 Å². The average Bonchev–Trinajstić information content (AvgIpc) is 2.89. The van der Waals surface area contributed by atoms with Gasteiger partial charge in [-0.15, -0.1) is 0 Å². The highest BCUT2D eigenvalue weighted by Gasteiger charge is 2.35. The second-order valence-electron chi connectivity index (χ2n) is 6.29. The summed E-state index contributed by atoms with van der Waals surface area (Å²) in [6, 6.07) is 2.41. The number of hydrogen-bond donors (Lipinski definition) is 2. The minimum atomic E-state index is -4.53. The Labute approximate surface area is 148 Å². The highest BCUT2D eigenvalue weighted by Crippen LogP contribution is 2.40. The van der Waals surface area contributed by atoms with Gasteiger partial charge in [-0.1, -0.05) is 0 Å². The highest BCUT2D eigenvalue weighted by atomic mass is 19.4. The predicted molar refractivity (Wildman–Crippen MR) is 88.8 cm³/mol. The van der Waals surface area contributed by atoms with Crippen molar-refractivity contribution in [3.8, 4) is 6.07 Å². The predicted octanol–water partition coefficient (Wildman–Crippen LogP) is 3.65. The number of alkyl halides is 3. The molecule has 0 spiro atoms. The molecule has 2 aromatic heterocycles. The lowest BCUT2D eigenvalue weighted by atomic mass is 9.79. The van der Waals surface area contributed by atoms with Crippen molar-refractivity contribution in [2.24, 2.45) is 5.92 Å². The molecule has 138 valence electrons. The van der Waals surface area contributed by atoms with E-state index in [9.17, 15) is 13.2 Å². The summed E-state index contributed by atoms with van der Waals surface area (Å²) in [5.74, 6) is 0.168. The van der Waals surface area contributed by atoms with Gasteiger partial charge in [-0.05, 0) is 25.7 Å². The van der Waals surface area contributed by atoms with E-state index in [1.165, 1.54) is 7.05 Å². The number of anilines is 3. The summed E-state index contributed by atoms with van der Waals surface area (Å²) in [5.41, 5.74) is 0.412. The number of nitrogens with one attached hydrogen (secondary N) is 2. The molecule has 0 amide bonds. The first-order valence-corrected chi connectivity index (χ1v) is 8.13. The topological polar surface area (TPSA) is 91.5 Å². The summed E-state index contributed by atoms with van der Waals surface area (Å²) < 4.78 is 40.6. The second-order valence-corrected chi connectivity index (χ2v) is 6.29. The molecule has 2 aromatic rings. The molecule has 7 nitrogen and oxygen atoms in total. The Bertz CT molecular complexity index is 831. The number of aromatic nitrogens is 4. The summed E-state index contributed by atoms with van der Waals surface area (Å²) in [5, 5.41) is 18.5. The van der Waals surface area contributed by atoms with Crippen LogP contribution < -0.4 is 10.6 Å². The molecular weight excluding hydrogens is 347 g/mol. The first kappa shape index (κ1) is 18.0. The van der Waals surface area contributed by atoms with E-state index in [0.717, 1.165) is 19.0 Å². The average molecular weight is 365 g/mol. The molecule has 0 aliphatic heterocycles. The molecule has 10 heteroatoms. The monoisotopic (exact) mass is 365 g/mol. The Kier molecular flexibility index (Phi) is 4.71. The Hall–Kier alpha value is -2.83. The summed E-state index contributed by atoms with van der Waals surface area (Å²) in [6.07, 6.45) is 0.363. The standard InChI is InChI=1S/C16H18F3N7/c1-9-13(8-26(25-9)11-5-10(6-11)3-4-20)23-15-22-7-12(16(17,18)19)14(21-2)24-15/h7-8,10-11H,3,5-6H2,1-2H3,(H2,21,22,23,24). The Morgan fingerprint density at radius 1 is 1.38 bits per heavy atom. The van der Waals surface area contributed by atoms with Gasteiger partial charge in [0.15, 0.2) is 0 Å². The number of halogens is 3. The molecule has 26 heavy (non-hydrogen) atoms. The fourth-order valence-electron chi connectivity index (χ4n) is 2.96. The Balaban J connectivity index is 1.75. The molecule has 0 radical (unpaired) electrons. The lowest BCUT2D eigenvalue weighted by Gasteiger charge is -2.33. The zero-order valence-corrected chi connectivity index (χ0v) is 14.3. The van der Waals surface area contributed by atoms with Gasteiger partial charge in [-0.3, -0.25) is 4.68 Å². The maximum atomic E-state index is 12.9. The maximum Gasteiger partial charge on any atom is 0.421 e. The molecule has 1 aliphatic carbocycles. The molecule has 1 saturated carbocycles. The third-order valence-corrected chi connectivity index (χ3v) is 4.46. The first-order chi connectivity index (χ1) is 12.3. The van der Waals surface area contributed by atoms with Gasteiger partial charge in [0.2, 0.25) is 5.95 Å². The molecular formula is C16H18F3N7. The van der Waals surface area contributed by atoms with Gasteiger partial charge in [-0.25, -0.2) is 4.98 Å². The highest BCUT2D eigenvalue weighted by molar-refractivity contribution is 5.57. The minimum absolute atomic E-state index is 0.0565. The van der Waals surface area contributed by atoms with E-state index >= 15 is 0 Å². The summed E-state index contributed by atoms with van der Waals surface area (Å²) in [6.45, 7) is 1.80. The summed E-state index contributed by atoms with van der Waals surface area (Å²) >= 11 is 0. The molecule has 0 atom stereocenters. The van der Waals surface area contributed by atoms with Crippen LogP contribution in [0.4, 0.5) is 30.6 Å². The number of nitriles is 1. The van der Waals surface area contributed by atoms with Crippen LogP contribution in [0.25, 0.3) is 0 Å². The summed E-state index contributed by atoms with van der Waals surface area (Å²) in [7, 11) is 1.37. The van der Waals surface area contributed by atoms with Crippen molar-refractivity contribution in [1.29, 1.82) is 5.26 Å². The molecule has 0 saturated heterocycles. The summed E-state index contributed by atoms with van der Waals surface area (Å²) in [4.78, 5) is 7.65. The zero-order chi connectivity index (χ0) is 18.9. The number of hydrogen-bond acceptors (Lipinski definition) is 6. The van der Waals surface area contributed by atoms with E-state index in [-0.39, 0.29) is 17.8 Å². The normalized spacial score (nSPS) is 19.5. The van der Waals surface area contributed by atoms with Crippen LogP contribution in [0.5, 0.6) is 0 Å². The van der Waals surface area contributed by atoms with Crippen LogP contribution in [0.3, 0.4) is 0 Å². The quantitative estimate of drug-likeness (QED) is 0.840. The molecule has 0 aromatic carbocycles. The van der Waals surface area contributed by atoms with Crippen LogP contribution in [-0.2, 0) is 6.18 Å². The van der Waals surface area contributed by atoms with E-state index < -0.39 is 11.7 Å². The fraction of sp³-hybridized carbons (Fsp3) is 0.500. The van der Waals surface area contributed by atoms with E-state index in [1.807, 2.05) is 4.68 Å². The zero-order valence-electron chi connectivity index (χ0n) is 14.3. The van der Waals surface area contributed by atoms with Crippen LogP contribution >= 0.6 is 0 Å². The largest absolute Gasteiger partial charge is 0.421 e. The van der Waals surface area contributed by atoms with Crippen LogP contribution in [0.15, 0.2) is 12.4 Å². The van der Waals surface area contributed by atoms with E-state index in [4.69, 9.17) is 5.26 Å². The Morgan fingerprint density at radius 3 is 2.73 bits per heavy atom. The van der Waals surface area contributed by atoms with Crippen LogP contribution in [0.1, 0.15) is 36.6 Å². The van der Waals surface area contributed by atoms with Gasteiger partial charge in [0.25, 0.3) is 0 Å². The molecule has 0 bridgehead atoms. The molecule has 2 heterocycles. The van der Waals surface area contributed by atoms with Gasteiger partial charge < -0.3 is 10.6 Å². The van der Waals surface area contributed by atoms with E-state index in [1.54, 1.807) is 13.1 Å². The first-order valence-electron chi connectivity index (χ1n) is 8.13. The molecule has 3 rings (SSSR count). The van der Waals surface area contributed by atoms with Crippen LogP contribution in [0, 0.1) is 24.2 Å². The number of rotatable bonds is 5. The lowest BCUT2D eigenvalue weighted by molar-refractivity contribution is -0.137. The van der Waals surface area contributed by atoms with Crippen molar-refractivity contribution in [2.75, 3.05) is 17.7 Å². The van der Waals surface area contributed by atoms with Crippen LogP contribution in [0.2, 0.25) is 0 Å². The maximum absolute atomic E-state index is 12.9.